The van der Waals surface area contributed by atoms with Crippen molar-refractivity contribution in [2.75, 3.05) is 31.0 Å². The zero-order chi connectivity index (χ0) is 23.3. The maximum atomic E-state index is 12.9. The van der Waals surface area contributed by atoms with Gasteiger partial charge in [0.15, 0.2) is 0 Å². The molecule has 2 saturated heterocycles. The molecule has 33 heavy (non-hydrogen) atoms. The van der Waals surface area contributed by atoms with E-state index in [4.69, 9.17) is 4.74 Å². The van der Waals surface area contributed by atoms with Gasteiger partial charge < -0.3 is 15.0 Å². The number of piperidine rings is 1. The van der Waals surface area contributed by atoms with Crippen LogP contribution in [0.5, 0.6) is 0 Å². The summed E-state index contributed by atoms with van der Waals surface area (Å²) in [5.41, 5.74) is 0.871. The molecule has 2 aliphatic rings. The second-order valence-corrected chi connectivity index (χ2v) is 10.1. The van der Waals surface area contributed by atoms with Crippen molar-refractivity contribution in [3.8, 4) is 0 Å². The van der Waals surface area contributed by atoms with Crippen LogP contribution in [0.4, 0.5) is 5.69 Å². The van der Waals surface area contributed by atoms with Gasteiger partial charge >= 0.3 is 0 Å². The van der Waals surface area contributed by atoms with Crippen LogP contribution in [-0.4, -0.2) is 57.5 Å². The molecule has 0 aliphatic carbocycles. The van der Waals surface area contributed by atoms with Gasteiger partial charge in [0.05, 0.1) is 11.0 Å². The number of amides is 2. The van der Waals surface area contributed by atoms with Crippen molar-refractivity contribution >= 4 is 27.5 Å². The second-order valence-electron chi connectivity index (χ2n) is 8.44. The standard InChI is InChI=1S/C24H29N3O5S/c28-23(25-17-21-5-4-16-32-21)18-12-14-27(15-13-18)24(29)19-8-10-20(11-9-19)26-33(30,31)22-6-2-1-3-7-22/h1-3,6-11,18,21,26H,4-5,12-17H2,(H,25,28). The summed E-state index contributed by atoms with van der Waals surface area (Å²) in [6.07, 6.45) is 3.40. The topological polar surface area (TPSA) is 105 Å². The van der Waals surface area contributed by atoms with E-state index in [9.17, 15) is 18.0 Å². The van der Waals surface area contributed by atoms with Crippen LogP contribution in [0, 0.1) is 5.92 Å². The molecule has 2 aliphatic heterocycles. The monoisotopic (exact) mass is 471 g/mol. The molecule has 9 heteroatoms. The van der Waals surface area contributed by atoms with E-state index in [1.165, 1.54) is 12.1 Å². The number of hydrogen-bond donors (Lipinski definition) is 2. The fraction of sp³-hybridized carbons (Fsp3) is 0.417. The van der Waals surface area contributed by atoms with E-state index in [-0.39, 0.29) is 28.7 Å². The number of likely N-dealkylation sites (tertiary alicyclic amines) is 1. The lowest BCUT2D eigenvalue weighted by atomic mass is 9.95. The van der Waals surface area contributed by atoms with Gasteiger partial charge in [-0.15, -0.1) is 0 Å². The Kier molecular flexibility index (Phi) is 7.29. The lowest BCUT2D eigenvalue weighted by Gasteiger charge is -2.31. The molecule has 2 aromatic carbocycles. The van der Waals surface area contributed by atoms with E-state index in [2.05, 4.69) is 10.0 Å². The Morgan fingerprint density at radius 3 is 2.30 bits per heavy atom. The van der Waals surface area contributed by atoms with Gasteiger partial charge in [0.2, 0.25) is 5.91 Å². The smallest absolute Gasteiger partial charge is 0.261 e. The van der Waals surface area contributed by atoms with E-state index in [0.717, 1.165) is 19.4 Å². The van der Waals surface area contributed by atoms with Crippen LogP contribution >= 0.6 is 0 Å². The molecule has 4 rings (SSSR count). The van der Waals surface area contributed by atoms with Crippen molar-refractivity contribution in [1.82, 2.24) is 10.2 Å². The zero-order valence-corrected chi connectivity index (χ0v) is 19.2. The summed E-state index contributed by atoms with van der Waals surface area (Å²) < 4.78 is 33.0. The van der Waals surface area contributed by atoms with Gasteiger partial charge in [-0.1, -0.05) is 18.2 Å². The predicted octanol–water partition coefficient (Wildman–Crippen LogP) is 2.63. The van der Waals surface area contributed by atoms with E-state index >= 15 is 0 Å². The molecule has 2 aromatic rings. The Morgan fingerprint density at radius 1 is 0.970 bits per heavy atom. The molecule has 1 unspecified atom stereocenters. The minimum absolute atomic E-state index is 0.0349. The summed E-state index contributed by atoms with van der Waals surface area (Å²) in [7, 11) is -3.68. The number of ether oxygens (including phenoxy) is 1. The van der Waals surface area contributed by atoms with Crippen LogP contribution in [0.2, 0.25) is 0 Å². The van der Waals surface area contributed by atoms with Crippen molar-refractivity contribution in [1.29, 1.82) is 0 Å². The van der Waals surface area contributed by atoms with Crippen LogP contribution in [-0.2, 0) is 19.6 Å². The van der Waals surface area contributed by atoms with Gasteiger partial charge in [-0.05, 0) is 62.1 Å². The predicted molar refractivity (Wildman–Crippen MR) is 124 cm³/mol. The highest BCUT2D eigenvalue weighted by Crippen LogP contribution is 2.21. The van der Waals surface area contributed by atoms with E-state index in [1.807, 2.05) is 0 Å². The van der Waals surface area contributed by atoms with E-state index in [0.29, 0.717) is 43.7 Å². The number of benzene rings is 2. The molecule has 0 bridgehead atoms. The fourth-order valence-electron chi connectivity index (χ4n) is 4.19. The Labute approximate surface area is 194 Å². The van der Waals surface area contributed by atoms with Gasteiger partial charge in [-0.25, -0.2) is 8.42 Å². The summed E-state index contributed by atoms with van der Waals surface area (Å²) in [5.74, 6) is -0.177. The van der Waals surface area contributed by atoms with Crippen LogP contribution in [0.25, 0.3) is 0 Å². The number of carbonyl (C=O) groups is 2. The average Bonchev–Trinajstić information content (AvgIpc) is 3.37. The molecule has 0 radical (unpaired) electrons. The Hall–Kier alpha value is -2.91. The molecule has 0 aromatic heterocycles. The highest BCUT2D eigenvalue weighted by atomic mass is 32.2. The van der Waals surface area contributed by atoms with Crippen LogP contribution in [0.3, 0.4) is 0 Å². The summed E-state index contributed by atoms with van der Waals surface area (Å²) in [5, 5.41) is 2.98. The molecule has 2 fully saturated rings. The Bertz CT molecular complexity index is 1060. The second kappa shape index (κ2) is 10.4. The van der Waals surface area contributed by atoms with Gasteiger partial charge in [-0.3, -0.25) is 14.3 Å². The molecule has 2 amide bonds. The highest BCUT2D eigenvalue weighted by Gasteiger charge is 2.28. The van der Waals surface area contributed by atoms with Crippen LogP contribution < -0.4 is 10.0 Å². The van der Waals surface area contributed by atoms with Gasteiger partial charge in [0.1, 0.15) is 0 Å². The molecule has 2 N–H and O–H groups in total. The van der Waals surface area contributed by atoms with Crippen LogP contribution in [0.1, 0.15) is 36.0 Å². The van der Waals surface area contributed by atoms with Crippen molar-refractivity contribution in [2.24, 2.45) is 5.92 Å². The molecule has 2 heterocycles. The molecule has 176 valence electrons. The quantitative estimate of drug-likeness (QED) is 0.646. The third-order valence-corrected chi connectivity index (χ3v) is 7.52. The minimum atomic E-state index is -3.68. The Balaban J connectivity index is 1.28. The first-order valence-corrected chi connectivity index (χ1v) is 12.8. The van der Waals surface area contributed by atoms with Crippen molar-refractivity contribution in [2.45, 2.75) is 36.7 Å². The number of nitrogens with zero attached hydrogens (tertiary/aromatic N) is 1. The molecular weight excluding hydrogens is 442 g/mol. The number of anilines is 1. The van der Waals surface area contributed by atoms with Crippen molar-refractivity contribution in [3.63, 3.8) is 0 Å². The summed E-state index contributed by atoms with van der Waals surface area (Å²) in [6.45, 7) is 2.34. The third kappa shape index (κ3) is 5.91. The molecular formula is C24H29N3O5S. The highest BCUT2D eigenvalue weighted by molar-refractivity contribution is 7.92. The maximum Gasteiger partial charge on any atom is 0.261 e. The maximum absolute atomic E-state index is 12.9. The average molecular weight is 472 g/mol. The number of nitrogens with one attached hydrogen (secondary N) is 2. The zero-order valence-electron chi connectivity index (χ0n) is 18.4. The Morgan fingerprint density at radius 2 is 1.67 bits per heavy atom. The largest absolute Gasteiger partial charge is 0.376 e. The fourth-order valence-corrected chi connectivity index (χ4v) is 5.27. The normalized spacial score (nSPS) is 19.3. The summed E-state index contributed by atoms with van der Waals surface area (Å²) >= 11 is 0. The van der Waals surface area contributed by atoms with Gasteiger partial charge in [-0.2, -0.15) is 0 Å². The minimum Gasteiger partial charge on any atom is -0.376 e. The van der Waals surface area contributed by atoms with E-state index < -0.39 is 10.0 Å². The number of hydrogen-bond acceptors (Lipinski definition) is 5. The van der Waals surface area contributed by atoms with Crippen molar-refractivity contribution in [3.05, 3.63) is 60.2 Å². The van der Waals surface area contributed by atoms with Gasteiger partial charge in [0.25, 0.3) is 15.9 Å². The molecule has 0 saturated carbocycles. The van der Waals surface area contributed by atoms with Gasteiger partial charge in [0, 0.05) is 43.4 Å². The molecule has 1 atom stereocenters. The van der Waals surface area contributed by atoms with Crippen LogP contribution in [0.15, 0.2) is 59.5 Å². The number of sulfonamides is 1. The SMILES string of the molecule is O=C(NCC1CCCO1)C1CCN(C(=O)c2ccc(NS(=O)(=O)c3ccccc3)cc2)CC1. The first kappa shape index (κ1) is 23.3. The lowest BCUT2D eigenvalue weighted by molar-refractivity contribution is -0.126. The molecule has 8 nitrogen and oxygen atoms in total. The van der Waals surface area contributed by atoms with E-state index in [1.54, 1.807) is 47.4 Å². The number of rotatable bonds is 7. The van der Waals surface area contributed by atoms with Crippen molar-refractivity contribution < 1.29 is 22.7 Å². The third-order valence-electron chi connectivity index (χ3n) is 6.12. The number of carbonyl (C=O) groups excluding carboxylic acids is 2. The molecule has 0 spiro atoms. The summed E-state index contributed by atoms with van der Waals surface area (Å²) in [6, 6.07) is 14.5. The summed E-state index contributed by atoms with van der Waals surface area (Å²) in [4.78, 5) is 27.2. The lowest BCUT2D eigenvalue weighted by Crippen LogP contribution is -2.44. The first-order valence-electron chi connectivity index (χ1n) is 11.3. The first-order chi connectivity index (χ1) is 15.9.